The molecular weight excluding hydrogens is 836 g/mol. The highest BCUT2D eigenvalue weighted by Crippen LogP contribution is 2.57. The third-order valence-electron chi connectivity index (χ3n) is 11.4. The lowest BCUT2D eigenvalue weighted by atomic mass is 9.79. The van der Waals surface area contributed by atoms with E-state index in [0.717, 1.165) is 16.7 Å². The van der Waals surface area contributed by atoms with Crippen LogP contribution in [-0.4, -0.2) is 96.1 Å². The fourth-order valence-corrected chi connectivity index (χ4v) is 10.3. The van der Waals surface area contributed by atoms with Gasteiger partial charge in [0.05, 0.1) is 53.6 Å². The van der Waals surface area contributed by atoms with E-state index in [1.165, 1.54) is 4.57 Å². The van der Waals surface area contributed by atoms with Crippen molar-refractivity contribution in [3.05, 3.63) is 154 Å². The number of fused-ring (bicyclic) bond motifs is 2. The molecule has 1 N–H and O–H groups in total. The van der Waals surface area contributed by atoms with Crippen LogP contribution in [0.4, 0.5) is 5.82 Å². The zero-order chi connectivity index (χ0) is 45.4. The number of rotatable bonds is 20. The Bertz CT molecular complexity index is 2360. The molecule has 0 saturated carbocycles. The Balaban J connectivity index is 1.35. The number of hydrogen-bond acceptors (Lipinski definition) is 13. The number of nitriles is 1. The van der Waals surface area contributed by atoms with Crippen molar-refractivity contribution < 1.29 is 37.6 Å². The number of carbonyl (C=O) groups excluding carboxylic acids is 1. The quantitative estimate of drug-likeness (QED) is 0.0461. The predicted octanol–water partition coefficient (Wildman–Crippen LogP) is 7.70. The number of benzene rings is 4. The third-order valence-corrected chi connectivity index (χ3v) is 13.5. The topological polar surface area (TPSA) is 159 Å². The van der Waals surface area contributed by atoms with Crippen LogP contribution in [0.5, 0.6) is 11.5 Å². The number of aromatic nitrogens is 2. The molecule has 5 aromatic rings. The molecule has 2 fully saturated rings. The number of hydroxylamine groups is 2. The molecule has 2 bridgehead atoms. The summed E-state index contributed by atoms with van der Waals surface area (Å²) in [6.45, 7) is 8.52. The Morgan fingerprint density at radius 2 is 1.47 bits per heavy atom. The van der Waals surface area contributed by atoms with Crippen LogP contribution in [-0.2, 0) is 29.0 Å². The van der Waals surface area contributed by atoms with Gasteiger partial charge in [0.25, 0.3) is 14.4 Å². The zero-order valence-electron chi connectivity index (χ0n) is 37.1. The molecule has 16 heteroatoms. The summed E-state index contributed by atoms with van der Waals surface area (Å²) in [6, 6.07) is 37.1. The van der Waals surface area contributed by atoms with E-state index in [-0.39, 0.29) is 44.1 Å². The normalized spacial score (nSPS) is 20.1. The Labute approximate surface area is 375 Å². The molecule has 4 aromatic carbocycles. The van der Waals surface area contributed by atoms with Gasteiger partial charge >= 0.3 is 5.69 Å². The molecule has 1 amide bonds. The number of nitrogens with one attached hydrogen (secondary N) is 1. The Kier molecular flexibility index (Phi) is 14.9. The molecule has 2 aliphatic rings. The highest BCUT2D eigenvalue weighted by Gasteiger charge is 2.68. The molecule has 5 atom stereocenters. The van der Waals surface area contributed by atoms with Crippen LogP contribution in [0.2, 0.25) is 0 Å². The number of morpholine rings is 1. The van der Waals surface area contributed by atoms with Gasteiger partial charge in [-0.1, -0.05) is 72.8 Å². The summed E-state index contributed by atoms with van der Waals surface area (Å²) in [5, 5.41) is 14.0. The summed E-state index contributed by atoms with van der Waals surface area (Å²) < 4.78 is 43.0. The maximum absolute atomic E-state index is 14.1. The van der Waals surface area contributed by atoms with Gasteiger partial charge in [-0.25, -0.2) is 9.46 Å². The van der Waals surface area contributed by atoms with Crippen molar-refractivity contribution >= 4 is 20.3 Å². The molecule has 1 unspecified atom stereocenters. The first-order valence-electron chi connectivity index (χ1n) is 21.2. The summed E-state index contributed by atoms with van der Waals surface area (Å²) in [7, 11) is 2.99. The molecular formula is C48H55N6O9P. The first-order valence-corrected chi connectivity index (χ1v) is 22.3. The van der Waals surface area contributed by atoms with Crippen LogP contribution < -0.4 is 20.5 Å². The van der Waals surface area contributed by atoms with Crippen LogP contribution >= 0.6 is 8.53 Å². The second-order valence-corrected chi connectivity index (χ2v) is 17.4. The summed E-state index contributed by atoms with van der Waals surface area (Å²) in [4.78, 5) is 37.5. The van der Waals surface area contributed by atoms with E-state index in [1.54, 1.807) is 62.9 Å². The molecule has 0 radical (unpaired) electrons. The monoisotopic (exact) mass is 890 g/mol. The first kappa shape index (κ1) is 46.5. The van der Waals surface area contributed by atoms with Crippen molar-refractivity contribution in [1.29, 1.82) is 5.26 Å². The van der Waals surface area contributed by atoms with Crippen LogP contribution in [0.1, 0.15) is 67.4 Å². The molecule has 7 rings (SSSR count). The van der Waals surface area contributed by atoms with E-state index in [9.17, 15) is 14.9 Å². The molecule has 336 valence electrons. The van der Waals surface area contributed by atoms with Gasteiger partial charge in [-0.3, -0.25) is 9.36 Å². The average molecular weight is 891 g/mol. The van der Waals surface area contributed by atoms with Crippen molar-refractivity contribution in [2.75, 3.05) is 46.4 Å². The fourth-order valence-electron chi connectivity index (χ4n) is 8.51. The summed E-state index contributed by atoms with van der Waals surface area (Å²) >= 11 is 0. The van der Waals surface area contributed by atoms with E-state index >= 15 is 0 Å². The standard InChI is InChI=1S/C48H55N6O9P/c1-33(2)54(34(3)4)64(61-30-14-28-49)63-43-42-45(52-29-27-41(51-46(52)56)50-44(55)35-15-10-8-11-16-35)62-47(43,31-53(42)59-7)32-60-48(36-17-12-9-13-18-36,37-19-23-39(57-5)24-20-37)38-21-25-40(58-6)26-22-38/h8-13,15-27,29,33-34,42-43,45H,14,30-32H2,1-7H3,(H,50,51,55,56)/t42-,43+,45-,47-,64?/m1/s1. The smallest absolute Gasteiger partial charge is 0.351 e. The number of anilines is 1. The van der Waals surface area contributed by atoms with Crippen LogP contribution in [0.15, 0.2) is 126 Å². The van der Waals surface area contributed by atoms with Crippen LogP contribution in [0.25, 0.3) is 0 Å². The van der Waals surface area contributed by atoms with Crippen molar-refractivity contribution in [1.82, 2.24) is 19.3 Å². The number of carbonyl (C=O) groups is 1. The third kappa shape index (κ3) is 9.47. The van der Waals surface area contributed by atoms with Crippen LogP contribution in [0.3, 0.4) is 0 Å². The fraction of sp³-hybridized carbons (Fsp3) is 0.375. The number of ether oxygens (including phenoxy) is 4. The molecule has 2 saturated heterocycles. The van der Waals surface area contributed by atoms with Crippen molar-refractivity contribution in [2.24, 2.45) is 0 Å². The van der Waals surface area contributed by atoms with Gasteiger partial charge in [0.15, 0.2) is 6.23 Å². The Morgan fingerprint density at radius 1 is 0.891 bits per heavy atom. The highest BCUT2D eigenvalue weighted by atomic mass is 31.2. The molecule has 0 aliphatic carbocycles. The van der Waals surface area contributed by atoms with Gasteiger partial charge in [-0.05, 0) is 86.8 Å². The molecule has 15 nitrogen and oxygen atoms in total. The number of nitrogens with zero attached hydrogens (tertiary/aromatic N) is 5. The van der Waals surface area contributed by atoms with Gasteiger partial charge in [-0.15, -0.1) is 0 Å². The second kappa shape index (κ2) is 20.5. The van der Waals surface area contributed by atoms with Gasteiger partial charge in [0.2, 0.25) is 0 Å². The first-order chi connectivity index (χ1) is 31.0. The second-order valence-electron chi connectivity index (χ2n) is 16.0. The summed E-state index contributed by atoms with van der Waals surface area (Å²) in [5.41, 5.74) is -0.313. The average Bonchev–Trinajstić information content (AvgIpc) is 3.78. The van der Waals surface area contributed by atoms with Gasteiger partial charge < -0.3 is 38.1 Å². The molecule has 1 aromatic heterocycles. The van der Waals surface area contributed by atoms with Crippen molar-refractivity contribution in [3.63, 3.8) is 0 Å². The van der Waals surface area contributed by atoms with E-state index in [1.807, 2.05) is 84.9 Å². The zero-order valence-corrected chi connectivity index (χ0v) is 38.0. The Morgan fingerprint density at radius 3 is 2.00 bits per heavy atom. The minimum absolute atomic E-state index is 0.00367. The maximum atomic E-state index is 14.1. The number of hydrogen-bond donors (Lipinski definition) is 1. The van der Waals surface area contributed by atoms with Crippen molar-refractivity contribution in [2.45, 2.75) is 75.8 Å². The number of methoxy groups -OCH3 is 2. The molecule has 2 aliphatic heterocycles. The minimum Gasteiger partial charge on any atom is -0.497 e. The summed E-state index contributed by atoms with van der Waals surface area (Å²) in [6.07, 6.45) is -0.119. The lowest BCUT2D eigenvalue weighted by molar-refractivity contribution is -0.247. The number of amides is 1. The van der Waals surface area contributed by atoms with E-state index < -0.39 is 49.7 Å². The molecule has 3 heterocycles. The van der Waals surface area contributed by atoms with E-state index in [2.05, 4.69) is 48.7 Å². The van der Waals surface area contributed by atoms with Gasteiger partial charge in [0, 0.05) is 23.8 Å². The lowest BCUT2D eigenvalue weighted by Gasteiger charge is -2.42. The summed E-state index contributed by atoms with van der Waals surface area (Å²) in [5.74, 6) is 1.03. The van der Waals surface area contributed by atoms with E-state index in [4.69, 9.17) is 32.8 Å². The SMILES string of the molecule is COc1ccc(C(OC[C@@]23CN(OC)[C@@H]([C@H](n4ccc(NC(=O)c5ccccc5)nc4=O)O2)[C@@H]3OP(OCCC#N)N(C(C)C)C(C)C)(c2ccccc2)c2ccc(OC)cc2)cc1. The van der Waals surface area contributed by atoms with Crippen LogP contribution in [0, 0.1) is 11.3 Å². The maximum Gasteiger partial charge on any atom is 0.351 e. The molecule has 64 heavy (non-hydrogen) atoms. The van der Waals surface area contributed by atoms with E-state index in [0.29, 0.717) is 17.1 Å². The molecule has 0 spiro atoms. The van der Waals surface area contributed by atoms with Crippen molar-refractivity contribution in [3.8, 4) is 17.6 Å². The highest BCUT2D eigenvalue weighted by molar-refractivity contribution is 7.44. The largest absolute Gasteiger partial charge is 0.497 e. The van der Waals surface area contributed by atoms with Gasteiger partial charge in [-0.2, -0.15) is 15.3 Å². The lowest BCUT2D eigenvalue weighted by Crippen LogP contribution is -2.51. The van der Waals surface area contributed by atoms with Gasteiger partial charge in [0.1, 0.15) is 40.7 Å². The Hall–Kier alpha value is -5.53. The predicted molar refractivity (Wildman–Crippen MR) is 242 cm³/mol. The minimum atomic E-state index is -1.82.